The van der Waals surface area contributed by atoms with Crippen molar-refractivity contribution in [3.63, 3.8) is 0 Å². The highest BCUT2D eigenvalue weighted by molar-refractivity contribution is 7.09. The minimum atomic E-state index is 0.365. The van der Waals surface area contributed by atoms with Crippen molar-refractivity contribution in [2.75, 3.05) is 20.2 Å². The summed E-state index contributed by atoms with van der Waals surface area (Å²) in [5, 5.41) is 8.05. The fourth-order valence-corrected chi connectivity index (χ4v) is 4.64. The third-order valence-electron chi connectivity index (χ3n) is 5.46. The maximum absolute atomic E-state index is 5.35. The molecule has 1 fully saturated rings. The average Bonchev–Trinajstić information content (AvgIpc) is 3.43. The van der Waals surface area contributed by atoms with Gasteiger partial charge in [0.05, 0.1) is 13.7 Å². The number of likely N-dealkylation sites (tertiary alicyclic amines) is 1. The molecule has 5 rings (SSSR count). The third kappa shape index (κ3) is 3.88. The molecule has 29 heavy (non-hydrogen) atoms. The van der Waals surface area contributed by atoms with Gasteiger partial charge in [-0.25, -0.2) is 14.5 Å². The number of ether oxygens (including phenoxy) is 1. The number of hydrogen-bond donors (Lipinski definition) is 0. The van der Waals surface area contributed by atoms with Crippen molar-refractivity contribution >= 4 is 17.0 Å². The maximum Gasteiger partial charge on any atom is 0.156 e. The lowest BCUT2D eigenvalue weighted by molar-refractivity contribution is 0.196. The fraction of sp³-hybridized carbons (Fsp3) is 0.318. The second-order valence-corrected chi connectivity index (χ2v) is 8.40. The predicted octanol–water partition coefficient (Wildman–Crippen LogP) is 4.24. The lowest BCUT2D eigenvalue weighted by Gasteiger charge is -2.30. The Bertz CT molecular complexity index is 1110. The van der Waals surface area contributed by atoms with Crippen molar-refractivity contribution in [3.8, 4) is 16.9 Å². The summed E-state index contributed by atoms with van der Waals surface area (Å²) >= 11 is 1.72. The number of pyridine rings is 1. The molecule has 0 bridgehead atoms. The third-order valence-corrected chi connectivity index (χ3v) is 6.23. The van der Waals surface area contributed by atoms with Crippen molar-refractivity contribution in [2.45, 2.75) is 25.3 Å². The van der Waals surface area contributed by atoms with Crippen LogP contribution in [0.25, 0.3) is 16.8 Å². The van der Waals surface area contributed by atoms with Gasteiger partial charge in [0.2, 0.25) is 0 Å². The van der Waals surface area contributed by atoms with Crippen LogP contribution in [-0.2, 0) is 6.54 Å². The van der Waals surface area contributed by atoms with E-state index in [1.807, 2.05) is 40.4 Å². The topological polar surface area (TPSA) is 55.5 Å². The highest BCUT2D eigenvalue weighted by Gasteiger charge is 2.25. The van der Waals surface area contributed by atoms with Crippen LogP contribution in [0, 0.1) is 0 Å². The number of hydrogen-bond acceptors (Lipinski definition) is 6. The standard InChI is InChI=1S/C22H23N5OS/c1-28-19-6-2-4-16(12-19)17-7-8-20-24-22(25-27(20)14-17)18-5-3-10-26(13-18)15-21-23-9-11-29-21/h2,4,6-9,11-12,14,18H,3,5,10,13,15H2,1H3. The van der Waals surface area contributed by atoms with Gasteiger partial charge in [0.25, 0.3) is 0 Å². The molecule has 4 aromatic rings. The summed E-state index contributed by atoms with van der Waals surface area (Å²) in [4.78, 5) is 11.7. The minimum absolute atomic E-state index is 0.365. The van der Waals surface area contributed by atoms with Crippen LogP contribution in [0.1, 0.15) is 29.6 Å². The largest absolute Gasteiger partial charge is 0.497 e. The van der Waals surface area contributed by atoms with E-state index in [2.05, 4.69) is 28.2 Å². The zero-order chi connectivity index (χ0) is 19.6. The summed E-state index contributed by atoms with van der Waals surface area (Å²) in [7, 11) is 1.69. The van der Waals surface area contributed by atoms with Gasteiger partial charge in [-0.1, -0.05) is 12.1 Å². The van der Waals surface area contributed by atoms with E-state index in [4.69, 9.17) is 14.8 Å². The molecule has 0 aliphatic carbocycles. The van der Waals surface area contributed by atoms with Crippen LogP contribution in [0.2, 0.25) is 0 Å². The molecule has 4 heterocycles. The van der Waals surface area contributed by atoms with Gasteiger partial charge in [0.1, 0.15) is 10.8 Å². The zero-order valence-electron chi connectivity index (χ0n) is 16.4. The van der Waals surface area contributed by atoms with Crippen molar-refractivity contribution in [1.82, 2.24) is 24.5 Å². The quantitative estimate of drug-likeness (QED) is 0.497. The van der Waals surface area contributed by atoms with E-state index in [0.717, 1.165) is 54.4 Å². The molecule has 0 radical (unpaired) electrons. The van der Waals surface area contributed by atoms with Crippen molar-refractivity contribution in [3.05, 3.63) is 65.0 Å². The summed E-state index contributed by atoms with van der Waals surface area (Å²) in [6.45, 7) is 3.02. The van der Waals surface area contributed by atoms with Gasteiger partial charge >= 0.3 is 0 Å². The number of methoxy groups -OCH3 is 1. The number of aromatic nitrogens is 4. The molecule has 0 spiro atoms. The van der Waals surface area contributed by atoms with Crippen molar-refractivity contribution in [2.24, 2.45) is 0 Å². The van der Waals surface area contributed by atoms with E-state index in [1.54, 1.807) is 18.4 Å². The van der Waals surface area contributed by atoms with E-state index in [0.29, 0.717) is 5.92 Å². The Hall–Kier alpha value is -2.77. The molecule has 1 aliphatic heterocycles. The molecule has 7 heteroatoms. The van der Waals surface area contributed by atoms with E-state index >= 15 is 0 Å². The molecule has 1 saturated heterocycles. The molecule has 6 nitrogen and oxygen atoms in total. The molecule has 1 unspecified atom stereocenters. The average molecular weight is 406 g/mol. The first-order valence-corrected chi connectivity index (χ1v) is 10.8. The lowest BCUT2D eigenvalue weighted by Crippen LogP contribution is -2.34. The van der Waals surface area contributed by atoms with Crippen LogP contribution in [0.5, 0.6) is 5.75 Å². The highest BCUT2D eigenvalue weighted by Crippen LogP contribution is 2.28. The monoisotopic (exact) mass is 405 g/mol. The molecular formula is C22H23N5OS. The van der Waals surface area contributed by atoms with Crippen LogP contribution in [0.3, 0.4) is 0 Å². The molecule has 1 aliphatic rings. The van der Waals surface area contributed by atoms with Crippen LogP contribution in [0.15, 0.2) is 54.2 Å². The van der Waals surface area contributed by atoms with Crippen LogP contribution < -0.4 is 4.74 Å². The van der Waals surface area contributed by atoms with Gasteiger partial charge in [0.15, 0.2) is 11.5 Å². The Balaban J connectivity index is 1.38. The van der Waals surface area contributed by atoms with E-state index < -0.39 is 0 Å². The van der Waals surface area contributed by atoms with E-state index in [-0.39, 0.29) is 0 Å². The second-order valence-electron chi connectivity index (χ2n) is 7.42. The normalized spacial score (nSPS) is 17.6. The SMILES string of the molecule is COc1cccc(-c2ccc3nc(C4CCCN(Cc5nccs5)C4)nn3c2)c1. The number of benzene rings is 1. The smallest absolute Gasteiger partial charge is 0.156 e. The lowest BCUT2D eigenvalue weighted by atomic mass is 9.97. The predicted molar refractivity (Wildman–Crippen MR) is 114 cm³/mol. The molecule has 3 aromatic heterocycles. The second kappa shape index (κ2) is 7.93. The summed E-state index contributed by atoms with van der Waals surface area (Å²) in [6, 6.07) is 12.2. The van der Waals surface area contributed by atoms with Crippen LogP contribution in [0.4, 0.5) is 0 Å². The van der Waals surface area contributed by atoms with Crippen molar-refractivity contribution in [1.29, 1.82) is 0 Å². The summed E-state index contributed by atoms with van der Waals surface area (Å²) < 4.78 is 7.26. The molecular weight excluding hydrogens is 382 g/mol. The Morgan fingerprint density at radius 2 is 2.17 bits per heavy atom. The Morgan fingerprint density at radius 3 is 3.03 bits per heavy atom. The molecule has 0 saturated carbocycles. The van der Waals surface area contributed by atoms with Gasteiger partial charge in [-0.15, -0.1) is 11.3 Å². The molecule has 1 atom stereocenters. The van der Waals surface area contributed by atoms with Crippen molar-refractivity contribution < 1.29 is 4.74 Å². The summed E-state index contributed by atoms with van der Waals surface area (Å²) in [5.41, 5.74) is 3.10. The fourth-order valence-electron chi connectivity index (χ4n) is 3.98. The number of piperidine rings is 1. The van der Waals surface area contributed by atoms with Crippen LogP contribution >= 0.6 is 11.3 Å². The van der Waals surface area contributed by atoms with Gasteiger partial charge in [-0.05, 0) is 49.2 Å². The minimum Gasteiger partial charge on any atom is -0.497 e. The molecule has 0 amide bonds. The molecule has 0 N–H and O–H groups in total. The summed E-state index contributed by atoms with van der Waals surface area (Å²) in [5.74, 6) is 2.16. The first-order chi connectivity index (χ1) is 14.3. The zero-order valence-corrected chi connectivity index (χ0v) is 17.2. The number of fused-ring (bicyclic) bond motifs is 1. The molecule has 148 valence electrons. The first kappa shape index (κ1) is 18.3. The summed E-state index contributed by atoms with van der Waals surface area (Å²) in [6.07, 6.45) is 6.23. The Kier molecular flexibility index (Phi) is 4.99. The van der Waals surface area contributed by atoms with Crippen LogP contribution in [-0.4, -0.2) is 44.7 Å². The highest BCUT2D eigenvalue weighted by atomic mass is 32.1. The first-order valence-electron chi connectivity index (χ1n) is 9.90. The van der Waals surface area contributed by atoms with E-state index in [9.17, 15) is 0 Å². The maximum atomic E-state index is 5.35. The Labute approximate surface area is 173 Å². The Morgan fingerprint density at radius 1 is 1.21 bits per heavy atom. The molecule has 1 aromatic carbocycles. The number of thiazole rings is 1. The van der Waals surface area contributed by atoms with E-state index in [1.165, 1.54) is 11.4 Å². The number of rotatable bonds is 5. The van der Waals surface area contributed by atoms with Gasteiger partial charge < -0.3 is 4.74 Å². The van der Waals surface area contributed by atoms with Gasteiger partial charge in [-0.2, -0.15) is 5.10 Å². The van der Waals surface area contributed by atoms with Gasteiger partial charge in [0, 0.05) is 35.8 Å². The number of nitrogens with zero attached hydrogens (tertiary/aromatic N) is 5. The van der Waals surface area contributed by atoms with Gasteiger partial charge in [-0.3, -0.25) is 4.90 Å².